The molecule has 1 radical (unpaired) electrons. The zero-order chi connectivity index (χ0) is 3.58. The fourth-order valence-electron chi connectivity index (χ4n) is 0. The third kappa shape index (κ3) is 28.6. The van der Waals surface area contributed by atoms with Crippen molar-refractivity contribution in [2.75, 3.05) is 0 Å². The summed E-state index contributed by atoms with van der Waals surface area (Å²) in [5, 5.41) is 0. The minimum atomic E-state index is 0. The van der Waals surface area contributed by atoms with Gasteiger partial charge in [0.2, 0.25) is 0 Å². The number of hydrogen-bond donors (Lipinski definition) is 0. The molecule has 0 aromatic heterocycles. The molecule has 0 fully saturated rings. The van der Waals surface area contributed by atoms with Crippen LogP contribution in [0.15, 0.2) is 0 Å². The van der Waals surface area contributed by atoms with Gasteiger partial charge in [0.05, 0.1) is 0 Å². The Hall–Kier alpha value is 1.58. The molecule has 0 atom stereocenters. The van der Waals surface area contributed by atoms with Gasteiger partial charge in [0.15, 0.2) is 0 Å². The maximum absolute atomic E-state index is 3.19. The van der Waals surface area contributed by atoms with E-state index in [1.54, 1.807) is 0 Å². The van der Waals surface area contributed by atoms with Gasteiger partial charge in [-0.05, 0) is 0 Å². The molecular weight excluding hydrogens is 205 g/mol. The molecule has 0 aromatic carbocycles. The molecule has 2 heteroatoms. The summed E-state index contributed by atoms with van der Waals surface area (Å²) in [6.07, 6.45) is 0. The number of halogens is 1. The van der Waals surface area contributed by atoms with Gasteiger partial charge < -0.3 is 15.9 Å². The van der Waals surface area contributed by atoms with Crippen LogP contribution in [-0.4, -0.2) is 0 Å². The van der Waals surface area contributed by atoms with Crippen molar-refractivity contribution in [2.24, 2.45) is 0 Å². The first-order valence-electron chi connectivity index (χ1n) is 1.19. The molecule has 0 aliphatic carbocycles. The van der Waals surface area contributed by atoms with Crippen LogP contribution >= 0.6 is 15.9 Å². The summed E-state index contributed by atoms with van der Waals surface area (Å²) in [7, 11) is 0. The van der Waals surface area contributed by atoms with Crippen molar-refractivity contribution in [2.45, 2.75) is 13.8 Å². The Morgan fingerprint density at radius 3 is 1.40 bits per heavy atom. The molecule has 0 saturated heterocycles. The normalized spacial score (nSPS) is 7.20. The smallest absolute Gasteiger partial charge is 0 e. The Morgan fingerprint density at radius 2 is 1.40 bits per heavy atom. The molecule has 0 aliphatic rings. The van der Waals surface area contributed by atoms with Crippen molar-refractivity contribution < 1.29 is 32.7 Å². The van der Waals surface area contributed by atoms with Crippen LogP contribution in [0.1, 0.15) is 13.8 Å². The van der Waals surface area contributed by atoms with E-state index in [-0.39, 0.29) is 32.7 Å². The molecule has 0 spiro atoms. The minimum absolute atomic E-state index is 0. The Balaban J connectivity index is 0. The molecule has 0 amide bonds. The van der Waals surface area contributed by atoms with Crippen molar-refractivity contribution in [3.8, 4) is 0 Å². The molecule has 0 N–H and O–H groups in total. The first-order valence-corrected chi connectivity index (χ1v) is 1.98. The van der Waals surface area contributed by atoms with Gasteiger partial charge in [0.25, 0.3) is 0 Å². The van der Waals surface area contributed by atoms with Gasteiger partial charge in [0, 0.05) is 32.7 Å². The van der Waals surface area contributed by atoms with Crippen LogP contribution in [0.2, 0.25) is 0 Å². The third-order valence-corrected chi connectivity index (χ3v) is 0. The molecule has 0 aliphatic heterocycles. The van der Waals surface area contributed by atoms with E-state index in [1.807, 2.05) is 13.8 Å². The summed E-state index contributed by atoms with van der Waals surface area (Å²) < 4.78 is 0. The second kappa shape index (κ2) is 5.58. The SMILES string of the molecule is C[C-](C)Br.[Y]. The maximum atomic E-state index is 3.19. The maximum Gasteiger partial charge on any atom is 0 e. The molecule has 0 bridgehead atoms. The van der Waals surface area contributed by atoms with E-state index in [0.717, 1.165) is 0 Å². The molecule has 0 unspecified atom stereocenters. The standard InChI is InChI=1S/C3H6Br.Y/c1-3(2)4;/h1-2H3;/q-1;. The summed E-state index contributed by atoms with van der Waals surface area (Å²) in [6.45, 7) is 4.00. The van der Waals surface area contributed by atoms with Crippen molar-refractivity contribution in [3.63, 3.8) is 0 Å². The van der Waals surface area contributed by atoms with Crippen LogP contribution < -0.4 is 0 Å². The first-order chi connectivity index (χ1) is 1.73. The van der Waals surface area contributed by atoms with Crippen molar-refractivity contribution >= 4 is 15.9 Å². The van der Waals surface area contributed by atoms with Gasteiger partial charge in [-0.1, -0.05) is 0 Å². The second-order valence-corrected chi connectivity index (χ2v) is 2.46. The largest absolute Gasteiger partial charge is 0.317 e. The van der Waals surface area contributed by atoms with Crippen LogP contribution in [0.4, 0.5) is 0 Å². The van der Waals surface area contributed by atoms with Gasteiger partial charge >= 0.3 is 0 Å². The van der Waals surface area contributed by atoms with Gasteiger partial charge in [-0.2, -0.15) is 13.8 Å². The topological polar surface area (TPSA) is 0 Å². The van der Waals surface area contributed by atoms with E-state index >= 15 is 0 Å². The van der Waals surface area contributed by atoms with Crippen molar-refractivity contribution in [1.29, 1.82) is 0 Å². The first kappa shape index (κ1) is 9.77. The molecule has 0 nitrogen and oxygen atoms in total. The van der Waals surface area contributed by atoms with Gasteiger partial charge in [-0.3, -0.25) is 4.83 Å². The molecule has 0 rings (SSSR count). The van der Waals surface area contributed by atoms with Crippen molar-refractivity contribution in [3.05, 3.63) is 4.83 Å². The molecule has 0 saturated carbocycles. The molecule has 0 aromatic rings. The Labute approximate surface area is 66.7 Å². The van der Waals surface area contributed by atoms with Crippen LogP contribution in [0.5, 0.6) is 0 Å². The summed E-state index contributed by atoms with van der Waals surface area (Å²) in [5.74, 6) is 0. The van der Waals surface area contributed by atoms with E-state index in [0.29, 0.717) is 0 Å². The van der Waals surface area contributed by atoms with Crippen LogP contribution in [0.3, 0.4) is 0 Å². The molecule has 0 heterocycles. The minimum Gasteiger partial charge on any atom is -0.317 e. The second-order valence-electron chi connectivity index (χ2n) is 0.878. The quantitative estimate of drug-likeness (QED) is 0.537. The van der Waals surface area contributed by atoms with Gasteiger partial charge in [-0.25, -0.2) is 0 Å². The van der Waals surface area contributed by atoms with E-state index < -0.39 is 0 Å². The summed E-state index contributed by atoms with van der Waals surface area (Å²) in [6, 6.07) is 0. The Morgan fingerprint density at radius 1 is 1.40 bits per heavy atom. The van der Waals surface area contributed by atoms with Crippen LogP contribution in [0.25, 0.3) is 0 Å². The predicted molar refractivity (Wildman–Crippen MR) is 23.5 cm³/mol. The average Bonchev–Trinajstić information content (AvgIpc) is 0.811. The molecular formula is C3H6BrY-. The van der Waals surface area contributed by atoms with E-state index in [1.165, 1.54) is 4.83 Å². The third-order valence-electron chi connectivity index (χ3n) is 0. The van der Waals surface area contributed by atoms with Gasteiger partial charge in [-0.15, -0.1) is 0 Å². The molecule has 29 valence electrons. The molecule has 5 heavy (non-hydrogen) atoms. The summed E-state index contributed by atoms with van der Waals surface area (Å²) in [5.41, 5.74) is 0. The summed E-state index contributed by atoms with van der Waals surface area (Å²) >= 11 is 3.19. The number of hydrogen-bond acceptors (Lipinski definition) is 0. The average molecular weight is 211 g/mol. The number of rotatable bonds is 0. The Kier molecular flexibility index (Phi) is 10.9. The zero-order valence-electron chi connectivity index (χ0n) is 3.46. The fraction of sp³-hybridized carbons (Fsp3) is 0.667. The zero-order valence-corrected chi connectivity index (χ0v) is 7.88. The van der Waals surface area contributed by atoms with Crippen LogP contribution in [0, 0.1) is 4.83 Å². The van der Waals surface area contributed by atoms with Gasteiger partial charge in [0.1, 0.15) is 0 Å². The van der Waals surface area contributed by atoms with E-state index in [4.69, 9.17) is 0 Å². The summed E-state index contributed by atoms with van der Waals surface area (Å²) in [4.78, 5) is 1.23. The predicted octanol–water partition coefficient (Wildman–Crippen LogP) is 1.95. The van der Waals surface area contributed by atoms with E-state index in [2.05, 4.69) is 15.9 Å². The van der Waals surface area contributed by atoms with Crippen molar-refractivity contribution in [1.82, 2.24) is 0 Å². The Bertz CT molecular complexity index is 11.6. The van der Waals surface area contributed by atoms with Crippen LogP contribution in [-0.2, 0) is 32.7 Å². The monoisotopic (exact) mass is 210 g/mol. The van der Waals surface area contributed by atoms with E-state index in [9.17, 15) is 0 Å². The fourth-order valence-corrected chi connectivity index (χ4v) is 0.